The highest BCUT2D eigenvalue weighted by molar-refractivity contribution is 7.16. The normalized spacial score (nSPS) is 22.7. The summed E-state index contributed by atoms with van der Waals surface area (Å²) in [4.78, 5) is 15.9. The lowest BCUT2D eigenvalue weighted by Crippen LogP contribution is -2.36. The van der Waals surface area contributed by atoms with Crippen molar-refractivity contribution < 1.29 is 4.79 Å². The number of halogens is 2. The Hall–Kier alpha value is -0.290. The van der Waals surface area contributed by atoms with Crippen LogP contribution in [0, 0.1) is 11.3 Å². The Morgan fingerprint density at radius 3 is 2.76 bits per heavy atom. The number of nitrogens with one attached hydrogen (secondary N) is 1. The van der Waals surface area contributed by atoms with Crippen molar-refractivity contribution in [3.63, 3.8) is 0 Å². The van der Waals surface area contributed by atoms with Crippen molar-refractivity contribution >= 4 is 41.3 Å². The molecule has 0 bridgehead atoms. The molecule has 1 aliphatic heterocycles. The van der Waals surface area contributed by atoms with Gasteiger partial charge in [0.2, 0.25) is 5.91 Å². The van der Waals surface area contributed by atoms with E-state index in [0.717, 1.165) is 43.2 Å². The maximum absolute atomic E-state index is 12.7. The third kappa shape index (κ3) is 3.55. The van der Waals surface area contributed by atoms with Gasteiger partial charge in [-0.15, -0.1) is 23.7 Å². The number of amides is 1. The van der Waals surface area contributed by atoms with E-state index in [1.165, 1.54) is 4.88 Å². The largest absolute Gasteiger partial charge is 0.338 e. The molecule has 1 saturated carbocycles. The Bertz CT molecular complexity index is 500. The number of hydrogen-bond donors (Lipinski definition) is 1. The molecular formula is C15H22Cl2N2OS. The summed E-state index contributed by atoms with van der Waals surface area (Å²) < 4.78 is 0.796. The second-order valence-corrected chi connectivity index (χ2v) is 7.73. The minimum atomic E-state index is 0. The van der Waals surface area contributed by atoms with Gasteiger partial charge in [-0.2, -0.15) is 0 Å². The van der Waals surface area contributed by atoms with E-state index in [0.29, 0.717) is 17.9 Å². The second kappa shape index (κ2) is 6.86. The number of thiophene rings is 1. The van der Waals surface area contributed by atoms with Crippen LogP contribution in [0.1, 0.15) is 31.1 Å². The molecule has 0 aromatic carbocycles. The molecule has 3 nitrogen and oxygen atoms in total. The summed E-state index contributed by atoms with van der Waals surface area (Å²) in [6.45, 7) is 5.67. The summed E-state index contributed by atoms with van der Waals surface area (Å²) >= 11 is 7.54. The van der Waals surface area contributed by atoms with E-state index in [1.54, 1.807) is 11.3 Å². The summed E-state index contributed by atoms with van der Waals surface area (Å²) in [6.07, 6.45) is 3.41. The Balaban J connectivity index is 0.00000161. The van der Waals surface area contributed by atoms with Crippen molar-refractivity contribution in [1.82, 2.24) is 10.2 Å². The molecule has 1 aromatic rings. The van der Waals surface area contributed by atoms with Crippen LogP contribution in [0.25, 0.3) is 0 Å². The van der Waals surface area contributed by atoms with Crippen molar-refractivity contribution in [3.05, 3.63) is 21.3 Å². The fourth-order valence-corrected chi connectivity index (χ4v) is 4.47. The molecule has 118 valence electrons. The van der Waals surface area contributed by atoms with Gasteiger partial charge in [-0.05, 0) is 56.8 Å². The minimum Gasteiger partial charge on any atom is -0.338 e. The fraction of sp³-hybridized carbons (Fsp3) is 0.667. The first-order valence-corrected chi connectivity index (χ1v) is 8.58. The summed E-state index contributed by atoms with van der Waals surface area (Å²) in [5.74, 6) is 0.610. The first-order valence-electron chi connectivity index (χ1n) is 7.38. The third-order valence-electron chi connectivity index (χ3n) is 4.76. The molecule has 0 radical (unpaired) electrons. The number of rotatable bonds is 4. The standard InChI is InChI=1S/C15H21ClN2OS.ClH/c1-2-18(10-11-3-4-13(16)20-11)14(19)12-9-15(12)5-7-17-8-6-15;/h3-4,12,17H,2,5-10H2,1H3;1H. The van der Waals surface area contributed by atoms with Crippen LogP contribution in [0.2, 0.25) is 4.34 Å². The first kappa shape index (κ1) is 17.1. The molecular weight excluding hydrogens is 327 g/mol. The first-order chi connectivity index (χ1) is 9.64. The van der Waals surface area contributed by atoms with Crippen LogP contribution in [0.4, 0.5) is 0 Å². The predicted molar refractivity (Wildman–Crippen MR) is 90.3 cm³/mol. The molecule has 2 fully saturated rings. The molecule has 1 N–H and O–H groups in total. The van der Waals surface area contributed by atoms with E-state index in [2.05, 4.69) is 12.2 Å². The molecule has 1 saturated heterocycles. The zero-order chi connectivity index (χ0) is 14.2. The van der Waals surface area contributed by atoms with Crippen LogP contribution in [-0.2, 0) is 11.3 Å². The molecule has 1 aliphatic carbocycles. The van der Waals surface area contributed by atoms with Gasteiger partial charge in [0.25, 0.3) is 0 Å². The van der Waals surface area contributed by atoms with E-state index in [1.807, 2.05) is 17.0 Å². The number of carbonyl (C=O) groups is 1. The van der Waals surface area contributed by atoms with E-state index < -0.39 is 0 Å². The van der Waals surface area contributed by atoms with Crippen molar-refractivity contribution in [3.8, 4) is 0 Å². The van der Waals surface area contributed by atoms with Crippen LogP contribution in [0.5, 0.6) is 0 Å². The number of piperidine rings is 1. The maximum atomic E-state index is 12.7. The molecule has 1 spiro atoms. The van der Waals surface area contributed by atoms with Gasteiger partial charge in [0, 0.05) is 17.3 Å². The molecule has 2 heterocycles. The molecule has 6 heteroatoms. The number of carbonyl (C=O) groups excluding carboxylic acids is 1. The van der Waals surface area contributed by atoms with E-state index >= 15 is 0 Å². The molecule has 3 rings (SSSR count). The third-order valence-corrected chi connectivity index (χ3v) is 5.97. The average Bonchev–Trinajstić information content (AvgIpc) is 2.98. The highest BCUT2D eigenvalue weighted by atomic mass is 35.5. The summed E-state index contributed by atoms with van der Waals surface area (Å²) in [6, 6.07) is 3.93. The average molecular weight is 349 g/mol. The minimum absolute atomic E-state index is 0. The summed E-state index contributed by atoms with van der Waals surface area (Å²) in [7, 11) is 0. The quantitative estimate of drug-likeness (QED) is 0.901. The SMILES string of the molecule is CCN(Cc1ccc(Cl)s1)C(=O)C1CC12CCNCC2.Cl. The van der Waals surface area contributed by atoms with Crippen molar-refractivity contribution in [2.75, 3.05) is 19.6 Å². The smallest absolute Gasteiger partial charge is 0.226 e. The van der Waals surface area contributed by atoms with Gasteiger partial charge in [-0.3, -0.25) is 4.79 Å². The van der Waals surface area contributed by atoms with Gasteiger partial charge in [0.05, 0.1) is 10.9 Å². The van der Waals surface area contributed by atoms with Crippen LogP contribution >= 0.6 is 35.3 Å². The van der Waals surface area contributed by atoms with Gasteiger partial charge in [-0.1, -0.05) is 11.6 Å². The lowest BCUT2D eigenvalue weighted by Gasteiger charge is -2.26. The predicted octanol–water partition coefficient (Wildman–Crippen LogP) is 3.56. The van der Waals surface area contributed by atoms with Crippen molar-refractivity contribution in [2.24, 2.45) is 11.3 Å². The Morgan fingerprint density at radius 1 is 1.48 bits per heavy atom. The summed E-state index contributed by atoms with van der Waals surface area (Å²) in [5.41, 5.74) is 0.322. The van der Waals surface area contributed by atoms with E-state index in [-0.39, 0.29) is 18.3 Å². The van der Waals surface area contributed by atoms with Crippen LogP contribution in [0.3, 0.4) is 0 Å². The zero-order valence-corrected chi connectivity index (χ0v) is 14.6. The van der Waals surface area contributed by atoms with Gasteiger partial charge in [0.1, 0.15) is 0 Å². The van der Waals surface area contributed by atoms with E-state index in [4.69, 9.17) is 11.6 Å². The number of nitrogens with zero attached hydrogens (tertiary/aromatic N) is 1. The van der Waals surface area contributed by atoms with Gasteiger partial charge >= 0.3 is 0 Å². The van der Waals surface area contributed by atoms with Crippen molar-refractivity contribution in [1.29, 1.82) is 0 Å². The Labute approximate surface area is 141 Å². The fourth-order valence-electron chi connectivity index (χ4n) is 3.36. The highest BCUT2D eigenvalue weighted by Gasteiger charge is 2.58. The lowest BCUT2D eigenvalue weighted by molar-refractivity contribution is -0.134. The molecule has 1 aromatic heterocycles. The summed E-state index contributed by atoms with van der Waals surface area (Å²) in [5, 5.41) is 3.39. The Morgan fingerprint density at radius 2 is 2.19 bits per heavy atom. The maximum Gasteiger partial charge on any atom is 0.226 e. The molecule has 2 aliphatic rings. The van der Waals surface area contributed by atoms with Crippen LogP contribution in [-0.4, -0.2) is 30.4 Å². The van der Waals surface area contributed by atoms with E-state index in [9.17, 15) is 4.79 Å². The van der Waals surface area contributed by atoms with Crippen molar-refractivity contribution in [2.45, 2.75) is 32.7 Å². The molecule has 1 amide bonds. The van der Waals surface area contributed by atoms with Crippen LogP contribution < -0.4 is 5.32 Å². The monoisotopic (exact) mass is 348 g/mol. The zero-order valence-electron chi connectivity index (χ0n) is 12.2. The second-order valence-electron chi connectivity index (χ2n) is 5.93. The Kier molecular flexibility index (Phi) is 5.58. The van der Waals surface area contributed by atoms with Gasteiger partial charge in [-0.25, -0.2) is 0 Å². The van der Waals surface area contributed by atoms with Gasteiger partial charge in [0.15, 0.2) is 0 Å². The number of hydrogen-bond acceptors (Lipinski definition) is 3. The molecule has 21 heavy (non-hydrogen) atoms. The van der Waals surface area contributed by atoms with Crippen LogP contribution in [0.15, 0.2) is 12.1 Å². The van der Waals surface area contributed by atoms with Gasteiger partial charge < -0.3 is 10.2 Å². The topological polar surface area (TPSA) is 32.3 Å². The molecule has 1 unspecified atom stereocenters. The highest BCUT2D eigenvalue weighted by Crippen LogP contribution is 2.59. The lowest BCUT2D eigenvalue weighted by atomic mass is 9.91. The molecule has 1 atom stereocenters.